The summed E-state index contributed by atoms with van der Waals surface area (Å²) in [6.45, 7) is 5.90. The van der Waals surface area contributed by atoms with Gasteiger partial charge in [-0.3, -0.25) is 0 Å². The van der Waals surface area contributed by atoms with Gasteiger partial charge >= 0.3 is 0 Å². The highest BCUT2D eigenvalue weighted by atomic mass is 35.5. The summed E-state index contributed by atoms with van der Waals surface area (Å²) < 4.78 is 6.03. The molecule has 0 bridgehead atoms. The van der Waals surface area contributed by atoms with Crippen molar-refractivity contribution in [2.24, 2.45) is 5.92 Å². The number of rotatable bonds is 6. The van der Waals surface area contributed by atoms with Crippen LogP contribution in [0.5, 0.6) is 5.88 Å². The van der Waals surface area contributed by atoms with Gasteiger partial charge in [0.05, 0.1) is 23.7 Å². The van der Waals surface area contributed by atoms with E-state index < -0.39 is 5.60 Å². The molecule has 2 fully saturated rings. The Balaban J connectivity index is 1.43. The van der Waals surface area contributed by atoms with Crippen LogP contribution in [0.3, 0.4) is 0 Å². The molecule has 2 aromatic heterocycles. The number of nitrogens with zero attached hydrogens (tertiary/aromatic N) is 4. The van der Waals surface area contributed by atoms with Crippen LogP contribution in [0.25, 0.3) is 11.3 Å². The average Bonchev–Trinajstić information content (AvgIpc) is 2.76. The first-order valence-corrected chi connectivity index (χ1v) is 12.0. The highest BCUT2D eigenvalue weighted by Crippen LogP contribution is 2.35. The fraction of sp³-hybridized carbons (Fsp3) is 0.625. The lowest BCUT2D eigenvalue weighted by molar-refractivity contribution is -0.000390. The highest BCUT2D eigenvalue weighted by Gasteiger charge is 2.31. The molecule has 1 saturated carbocycles. The van der Waals surface area contributed by atoms with E-state index in [1.54, 1.807) is 18.6 Å². The zero-order chi connectivity index (χ0) is 22.7. The molecule has 0 atom stereocenters. The van der Waals surface area contributed by atoms with Crippen LogP contribution in [-0.2, 0) is 0 Å². The van der Waals surface area contributed by atoms with Gasteiger partial charge in [0.25, 0.3) is 0 Å². The molecule has 0 unspecified atom stereocenters. The Kier molecular flexibility index (Phi) is 7.17. The topological polar surface area (TPSA) is 83.4 Å². The number of anilines is 1. The Labute approximate surface area is 195 Å². The van der Waals surface area contributed by atoms with Gasteiger partial charge in [-0.2, -0.15) is 0 Å². The number of hydrogen-bond acceptors (Lipinski definition) is 7. The first kappa shape index (κ1) is 23.2. The predicted molar refractivity (Wildman–Crippen MR) is 127 cm³/mol. The second-order valence-corrected chi connectivity index (χ2v) is 10.1. The van der Waals surface area contributed by atoms with Gasteiger partial charge in [0.1, 0.15) is 11.3 Å². The smallest absolute Gasteiger partial charge is 0.232 e. The maximum Gasteiger partial charge on any atom is 0.232 e. The van der Waals surface area contributed by atoms with Gasteiger partial charge in [-0.25, -0.2) is 15.0 Å². The fourth-order valence-corrected chi connectivity index (χ4v) is 4.87. The summed E-state index contributed by atoms with van der Waals surface area (Å²) in [5, 5.41) is 14.4. The molecule has 1 saturated heterocycles. The normalized spacial score (nSPS) is 23.2. The van der Waals surface area contributed by atoms with Gasteiger partial charge in [-0.15, -0.1) is 0 Å². The van der Waals surface area contributed by atoms with E-state index in [1.807, 2.05) is 19.9 Å². The Hall–Kier alpha value is -1.96. The van der Waals surface area contributed by atoms with E-state index in [4.69, 9.17) is 16.3 Å². The summed E-state index contributed by atoms with van der Waals surface area (Å²) in [5.74, 6) is 0.897. The van der Waals surface area contributed by atoms with Crippen LogP contribution in [0.15, 0.2) is 24.7 Å². The van der Waals surface area contributed by atoms with Crippen LogP contribution in [0.1, 0.15) is 52.4 Å². The van der Waals surface area contributed by atoms with Crippen LogP contribution in [-0.4, -0.2) is 62.8 Å². The Bertz CT molecular complexity index is 886. The molecule has 1 aliphatic heterocycles. The van der Waals surface area contributed by atoms with Crippen LogP contribution < -0.4 is 10.1 Å². The van der Waals surface area contributed by atoms with Gasteiger partial charge in [-0.05, 0) is 71.4 Å². The lowest BCUT2D eigenvalue weighted by Gasteiger charge is -2.36. The summed E-state index contributed by atoms with van der Waals surface area (Å²) in [6, 6.07) is 2.18. The molecule has 2 aromatic rings. The van der Waals surface area contributed by atoms with E-state index in [-0.39, 0.29) is 6.10 Å². The first-order valence-electron chi connectivity index (χ1n) is 11.6. The standard InChI is InChI=1S/C24H34ClN5O2/c1-24(2,31)16-4-6-17(7-5-16)29-20-12-22(25)27-13-19(20)21-14-28-23(15-26-21)32-18-8-10-30(3)11-9-18/h12-18,31H,4-11H2,1-3H3,(H,27,29). The summed E-state index contributed by atoms with van der Waals surface area (Å²) in [6.07, 6.45) is 11.4. The molecule has 0 radical (unpaired) electrons. The minimum Gasteiger partial charge on any atom is -0.473 e. The number of halogens is 1. The van der Waals surface area contributed by atoms with Gasteiger partial charge in [0.15, 0.2) is 0 Å². The quantitative estimate of drug-likeness (QED) is 0.619. The Morgan fingerprint density at radius 1 is 1.03 bits per heavy atom. The average molecular weight is 460 g/mol. The van der Waals surface area contributed by atoms with E-state index in [2.05, 4.69) is 32.2 Å². The number of ether oxygens (including phenoxy) is 1. The minimum absolute atomic E-state index is 0.194. The lowest BCUT2D eigenvalue weighted by Crippen LogP contribution is -2.37. The second-order valence-electron chi connectivity index (χ2n) is 9.76. The third kappa shape index (κ3) is 5.88. The van der Waals surface area contributed by atoms with E-state index >= 15 is 0 Å². The molecular weight excluding hydrogens is 426 g/mol. The van der Waals surface area contributed by atoms with Crippen molar-refractivity contribution in [1.29, 1.82) is 0 Å². The van der Waals surface area contributed by atoms with Gasteiger partial charge in [0, 0.05) is 36.6 Å². The van der Waals surface area contributed by atoms with Gasteiger partial charge in [-0.1, -0.05) is 11.6 Å². The number of aliphatic hydroxyl groups is 1. The molecule has 8 heteroatoms. The molecule has 2 aliphatic rings. The van der Waals surface area contributed by atoms with Gasteiger partial charge in [0.2, 0.25) is 5.88 Å². The fourth-order valence-electron chi connectivity index (χ4n) is 4.71. The molecule has 3 heterocycles. The number of likely N-dealkylation sites (tertiary alicyclic amines) is 1. The molecule has 7 nitrogen and oxygen atoms in total. The first-order chi connectivity index (χ1) is 15.3. The monoisotopic (exact) mass is 459 g/mol. The van der Waals surface area contributed by atoms with Crippen LogP contribution in [0.4, 0.5) is 5.69 Å². The van der Waals surface area contributed by atoms with Crippen molar-refractivity contribution in [3.05, 3.63) is 29.8 Å². The van der Waals surface area contributed by atoms with Crippen LogP contribution in [0, 0.1) is 5.92 Å². The maximum absolute atomic E-state index is 10.3. The molecule has 32 heavy (non-hydrogen) atoms. The largest absolute Gasteiger partial charge is 0.473 e. The minimum atomic E-state index is -0.622. The van der Waals surface area contributed by atoms with E-state index in [9.17, 15) is 5.11 Å². The van der Waals surface area contributed by atoms with Crippen molar-refractivity contribution >= 4 is 17.3 Å². The summed E-state index contributed by atoms with van der Waals surface area (Å²) in [7, 11) is 2.13. The highest BCUT2D eigenvalue weighted by molar-refractivity contribution is 6.29. The van der Waals surface area contributed by atoms with Crippen molar-refractivity contribution in [3.8, 4) is 17.1 Å². The molecule has 4 rings (SSSR count). The summed E-state index contributed by atoms with van der Waals surface area (Å²) in [4.78, 5) is 15.7. The number of piperidine rings is 1. The molecule has 0 spiro atoms. The lowest BCUT2D eigenvalue weighted by atomic mass is 9.77. The van der Waals surface area contributed by atoms with Crippen molar-refractivity contribution in [2.45, 2.75) is 70.1 Å². The third-order valence-corrected chi connectivity index (χ3v) is 7.02. The van der Waals surface area contributed by atoms with Crippen molar-refractivity contribution < 1.29 is 9.84 Å². The van der Waals surface area contributed by atoms with Crippen molar-refractivity contribution in [2.75, 3.05) is 25.5 Å². The molecule has 0 amide bonds. The number of nitrogens with one attached hydrogen (secondary N) is 1. The van der Waals surface area contributed by atoms with E-state index in [0.717, 1.165) is 68.6 Å². The zero-order valence-corrected chi connectivity index (χ0v) is 20.0. The van der Waals surface area contributed by atoms with Crippen molar-refractivity contribution in [3.63, 3.8) is 0 Å². The number of pyridine rings is 1. The molecule has 2 N–H and O–H groups in total. The SMILES string of the molecule is CN1CCC(Oc2cnc(-c3cnc(Cl)cc3NC3CCC(C(C)(C)O)CC3)cn2)CC1. The molecule has 174 valence electrons. The van der Waals surface area contributed by atoms with Crippen molar-refractivity contribution in [1.82, 2.24) is 19.9 Å². The van der Waals surface area contributed by atoms with Crippen LogP contribution >= 0.6 is 11.6 Å². The number of aromatic nitrogens is 3. The van der Waals surface area contributed by atoms with Gasteiger partial charge < -0.3 is 20.1 Å². The second kappa shape index (κ2) is 9.89. The van der Waals surface area contributed by atoms with Crippen LogP contribution in [0.2, 0.25) is 5.15 Å². The van der Waals surface area contributed by atoms with E-state index in [1.165, 1.54) is 0 Å². The third-order valence-electron chi connectivity index (χ3n) is 6.81. The van der Waals surface area contributed by atoms with E-state index in [0.29, 0.717) is 23.0 Å². The zero-order valence-electron chi connectivity index (χ0n) is 19.2. The number of hydrogen-bond donors (Lipinski definition) is 2. The predicted octanol–water partition coefficient (Wildman–Crippen LogP) is 4.41. The Morgan fingerprint density at radius 3 is 2.38 bits per heavy atom. The Morgan fingerprint density at radius 2 is 1.75 bits per heavy atom. The summed E-state index contributed by atoms with van der Waals surface area (Å²) in [5.41, 5.74) is 1.90. The maximum atomic E-state index is 10.3. The molecule has 1 aliphatic carbocycles. The summed E-state index contributed by atoms with van der Waals surface area (Å²) >= 11 is 6.21. The molecular formula is C24H34ClN5O2. The molecule has 0 aromatic carbocycles.